The number of carbonyl (C=O) groups is 1. The summed E-state index contributed by atoms with van der Waals surface area (Å²) in [6, 6.07) is 10.8. The fourth-order valence-electron chi connectivity index (χ4n) is 2.70. The molecule has 1 amide bonds. The molecule has 0 spiro atoms. The van der Waals surface area contributed by atoms with Gasteiger partial charge in [-0.05, 0) is 42.8 Å². The number of carbonyl (C=O) groups excluding carboxylic acids is 1. The average molecular weight is 391 g/mol. The van der Waals surface area contributed by atoms with Gasteiger partial charge < -0.3 is 14.0 Å². The van der Waals surface area contributed by atoms with Crippen molar-refractivity contribution >= 4 is 39.1 Å². The van der Waals surface area contributed by atoms with E-state index in [4.69, 9.17) is 21.1 Å². The largest absolute Gasteiger partial charge is 0.497 e. The second-order valence-corrected chi connectivity index (χ2v) is 7.11. The van der Waals surface area contributed by atoms with Gasteiger partial charge in [-0.1, -0.05) is 29.0 Å². The van der Waals surface area contributed by atoms with Gasteiger partial charge in [0.15, 0.2) is 4.80 Å². The Balaban J connectivity index is 2.14. The summed E-state index contributed by atoms with van der Waals surface area (Å²) in [6.45, 7) is 3.06. The molecule has 0 aliphatic heterocycles. The highest BCUT2D eigenvalue weighted by Crippen LogP contribution is 2.27. The number of aryl methyl sites for hydroxylation is 1. The summed E-state index contributed by atoms with van der Waals surface area (Å²) in [6.07, 6.45) is 0. The van der Waals surface area contributed by atoms with E-state index >= 15 is 0 Å². The summed E-state index contributed by atoms with van der Waals surface area (Å²) in [5.41, 5.74) is 2.43. The normalized spacial score (nSPS) is 11.9. The molecule has 3 aromatic rings. The van der Waals surface area contributed by atoms with Crippen LogP contribution in [0.5, 0.6) is 5.75 Å². The van der Waals surface area contributed by atoms with E-state index < -0.39 is 0 Å². The Hall–Kier alpha value is -2.15. The van der Waals surface area contributed by atoms with Crippen molar-refractivity contribution in [3.63, 3.8) is 0 Å². The van der Waals surface area contributed by atoms with Gasteiger partial charge in [0, 0.05) is 24.2 Å². The van der Waals surface area contributed by atoms with Gasteiger partial charge in [-0.25, -0.2) is 0 Å². The van der Waals surface area contributed by atoms with Gasteiger partial charge in [0.1, 0.15) is 5.75 Å². The number of nitrogens with zero attached hydrogens (tertiary/aromatic N) is 2. The van der Waals surface area contributed by atoms with Gasteiger partial charge in [-0.15, -0.1) is 0 Å². The van der Waals surface area contributed by atoms with Crippen molar-refractivity contribution in [2.75, 3.05) is 20.8 Å². The third kappa shape index (κ3) is 3.67. The van der Waals surface area contributed by atoms with Crippen molar-refractivity contribution in [2.45, 2.75) is 13.5 Å². The zero-order chi connectivity index (χ0) is 18.7. The number of rotatable bonds is 5. The predicted octanol–water partition coefficient (Wildman–Crippen LogP) is 4.06. The molecule has 0 aliphatic carbocycles. The smallest absolute Gasteiger partial charge is 0.279 e. The molecule has 0 N–H and O–H groups in total. The van der Waals surface area contributed by atoms with Crippen molar-refractivity contribution in [3.05, 3.63) is 57.3 Å². The number of amides is 1. The number of hydrogen-bond donors (Lipinski definition) is 0. The van der Waals surface area contributed by atoms with Crippen LogP contribution >= 0.6 is 22.9 Å². The molecule has 136 valence electrons. The molecule has 0 fully saturated rings. The van der Waals surface area contributed by atoms with E-state index in [9.17, 15) is 4.79 Å². The molecule has 26 heavy (non-hydrogen) atoms. The number of hydrogen-bond acceptors (Lipinski definition) is 4. The Kier molecular flexibility index (Phi) is 5.76. The van der Waals surface area contributed by atoms with Crippen molar-refractivity contribution in [1.82, 2.24) is 4.57 Å². The van der Waals surface area contributed by atoms with Gasteiger partial charge >= 0.3 is 0 Å². The van der Waals surface area contributed by atoms with Crippen LogP contribution in [0.25, 0.3) is 10.2 Å². The minimum Gasteiger partial charge on any atom is -0.497 e. The lowest BCUT2D eigenvalue weighted by atomic mass is 10.2. The average Bonchev–Trinajstić information content (AvgIpc) is 3.00. The van der Waals surface area contributed by atoms with E-state index in [1.807, 2.05) is 23.6 Å². The first-order valence-electron chi connectivity index (χ1n) is 8.05. The molecule has 1 heterocycles. The summed E-state index contributed by atoms with van der Waals surface area (Å²) in [5.74, 6) is 0.308. The first-order chi connectivity index (χ1) is 12.5. The maximum absolute atomic E-state index is 12.7. The van der Waals surface area contributed by atoms with Crippen molar-refractivity contribution in [2.24, 2.45) is 4.99 Å². The van der Waals surface area contributed by atoms with Crippen LogP contribution in [0.2, 0.25) is 5.02 Å². The van der Waals surface area contributed by atoms with E-state index in [1.165, 1.54) is 11.3 Å². The summed E-state index contributed by atoms with van der Waals surface area (Å²) < 4.78 is 13.4. The van der Waals surface area contributed by atoms with Crippen LogP contribution in [0.4, 0.5) is 0 Å². The Morgan fingerprint density at radius 1 is 1.27 bits per heavy atom. The van der Waals surface area contributed by atoms with Crippen LogP contribution in [0.1, 0.15) is 15.9 Å². The Bertz CT molecular complexity index is 1020. The molecule has 2 aromatic carbocycles. The molecule has 0 atom stereocenters. The molecule has 0 saturated heterocycles. The van der Waals surface area contributed by atoms with Gasteiger partial charge in [-0.3, -0.25) is 4.79 Å². The Morgan fingerprint density at radius 2 is 2.08 bits per heavy atom. The second kappa shape index (κ2) is 8.03. The highest BCUT2D eigenvalue weighted by Gasteiger charge is 2.13. The zero-order valence-corrected chi connectivity index (χ0v) is 16.4. The van der Waals surface area contributed by atoms with E-state index in [0.717, 1.165) is 15.8 Å². The van der Waals surface area contributed by atoms with Crippen LogP contribution in [0, 0.1) is 6.92 Å². The van der Waals surface area contributed by atoms with Crippen LogP contribution < -0.4 is 9.54 Å². The third-order valence-corrected chi connectivity index (χ3v) is 5.52. The highest BCUT2D eigenvalue weighted by atomic mass is 35.5. The fourth-order valence-corrected chi connectivity index (χ4v) is 3.96. The number of methoxy groups -OCH3 is 2. The molecule has 3 rings (SSSR count). The minimum atomic E-state index is -0.314. The van der Waals surface area contributed by atoms with E-state index in [-0.39, 0.29) is 5.91 Å². The molecule has 5 nitrogen and oxygen atoms in total. The molecule has 1 aromatic heterocycles. The first kappa shape index (κ1) is 18.6. The molecular formula is C19H19ClN2O3S. The van der Waals surface area contributed by atoms with Crippen molar-refractivity contribution in [3.8, 4) is 5.75 Å². The number of ether oxygens (including phenoxy) is 2. The van der Waals surface area contributed by atoms with Crippen LogP contribution in [0.3, 0.4) is 0 Å². The molecule has 0 aliphatic rings. The molecule has 0 saturated carbocycles. The summed E-state index contributed by atoms with van der Waals surface area (Å²) in [7, 11) is 3.21. The summed E-state index contributed by atoms with van der Waals surface area (Å²) in [4.78, 5) is 17.6. The number of thiazole rings is 1. The lowest BCUT2D eigenvalue weighted by molar-refractivity contribution is 0.0997. The Morgan fingerprint density at radius 3 is 2.81 bits per heavy atom. The van der Waals surface area contributed by atoms with Gasteiger partial charge in [0.05, 0.1) is 23.9 Å². The SMILES string of the molecule is COCCn1c(=NC(=O)c2cccc(OC)c2)sc2ccc(Cl)c(C)c21. The van der Waals surface area contributed by atoms with Crippen molar-refractivity contribution < 1.29 is 14.3 Å². The van der Waals surface area contributed by atoms with Gasteiger partial charge in [0.2, 0.25) is 0 Å². The quantitative estimate of drug-likeness (QED) is 0.660. The van der Waals surface area contributed by atoms with E-state index in [0.29, 0.717) is 34.3 Å². The first-order valence-corrected chi connectivity index (χ1v) is 9.25. The standard InChI is InChI=1S/C19H19ClN2O3S/c1-12-15(20)7-8-16-17(12)22(9-10-24-2)19(26-16)21-18(23)13-5-4-6-14(11-13)25-3/h4-8,11H,9-10H2,1-3H3. The summed E-state index contributed by atoms with van der Waals surface area (Å²) in [5, 5.41) is 0.687. The van der Waals surface area contributed by atoms with Crippen molar-refractivity contribution in [1.29, 1.82) is 0 Å². The highest BCUT2D eigenvalue weighted by molar-refractivity contribution is 7.16. The molecule has 0 radical (unpaired) electrons. The molecule has 0 bridgehead atoms. The van der Waals surface area contributed by atoms with Gasteiger partial charge in [-0.2, -0.15) is 4.99 Å². The lowest BCUT2D eigenvalue weighted by Crippen LogP contribution is -2.19. The maximum atomic E-state index is 12.7. The van der Waals surface area contributed by atoms with Crippen LogP contribution in [-0.4, -0.2) is 31.3 Å². The number of halogens is 1. The van der Waals surface area contributed by atoms with E-state index in [2.05, 4.69) is 4.99 Å². The third-order valence-electron chi connectivity index (χ3n) is 4.06. The predicted molar refractivity (Wildman–Crippen MR) is 104 cm³/mol. The zero-order valence-electron chi connectivity index (χ0n) is 14.8. The van der Waals surface area contributed by atoms with Crippen LogP contribution in [-0.2, 0) is 11.3 Å². The van der Waals surface area contributed by atoms with Crippen LogP contribution in [0.15, 0.2) is 41.4 Å². The summed E-state index contributed by atoms with van der Waals surface area (Å²) >= 11 is 7.75. The lowest BCUT2D eigenvalue weighted by Gasteiger charge is -2.07. The number of aromatic nitrogens is 1. The molecule has 7 heteroatoms. The van der Waals surface area contributed by atoms with Gasteiger partial charge in [0.25, 0.3) is 5.91 Å². The minimum absolute atomic E-state index is 0.314. The fraction of sp³-hybridized carbons (Fsp3) is 0.263. The number of benzene rings is 2. The topological polar surface area (TPSA) is 52.8 Å². The Labute approximate surface area is 160 Å². The molecule has 0 unspecified atom stereocenters. The molecular weight excluding hydrogens is 372 g/mol. The van der Waals surface area contributed by atoms with E-state index in [1.54, 1.807) is 38.5 Å². The number of fused-ring (bicyclic) bond motifs is 1. The maximum Gasteiger partial charge on any atom is 0.279 e. The monoisotopic (exact) mass is 390 g/mol. The second-order valence-electron chi connectivity index (χ2n) is 5.70.